The highest BCUT2D eigenvalue weighted by Crippen LogP contribution is 2.41. The molecule has 5 atom stereocenters. The number of piperidine rings is 1. The molecule has 10 heterocycles. The van der Waals surface area contributed by atoms with Crippen LogP contribution in [-0.4, -0.2) is 144 Å². The quantitative estimate of drug-likeness (QED) is 0.240. The highest BCUT2D eigenvalue weighted by molar-refractivity contribution is 5.95. The van der Waals surface area contributed by atoms with Gasteiger partial charge >= 0.3 is 6.01 Å². The zero-order valence-electron chi connectivity index (χ0n) is 34.0. The minimum absolute atomic E-state index is 0.0176. The highest BCUT2D eigenvalue weighted by atomic mass is 19.1. The van der Waals surface area contributed by atoms with Gasteiger partial charge in [0.25, 0.3) is 0 Å². The summed E-state index contributed by atoms with van der Waals surface area (Å²) in [6.07, 6.45) is 2.69. The Morgan fingerprint density at radius 2 is 1.73 bits per heavy atom. The first kappa shape index (κ1) is 38.5. The Bertz CT molecular complexity index is 2800. The maximum absolute atomic E-state index is 15.5. The molecule has 17 nitrogen and oxygen atoms in total. The number of amides is 2. The zero-order chi connectivity index (χ0) is 42.6. The number of imidazole rings is 1. The Morgan fingerprint density at radius 1 is 0.871 bits per heavy atom. The van der Waals surface area contributed by atoms with Gasteiger partial charge in [0.2, 0.25) is 17.8 Å². The molecule has 2 aromatic carbocycles. The second-order valence-electron chi connectivity index (χ2n) is 16.5. The van der Waals surface area contributed by atoms with E-state index in [4.69, 9.17) is 29.2 Å². The fraction of sp³-hybridized carbons (Fsp3) is 0.429. The van der Waals surface area contributed by atoms with Crippen molar-refractivity contribution in [1.82, 2.24) is 49.1 Å². The summed E-state index contributed by atoms with van der Waals surface area (Å²) in [4.78, 5) is 59.8. The third kappa shape index (κ3) is 6.20. The molecule has 6 aromatic rings. The van der Waals surface area contributed by atoms with Crippen LogP contribution in [0.25, 0.3) is 39.0 Å². The fourth-order valence-corrected chi connectivity index (χ4v) is 9.64. The molecule has 20 heteroatoms. The first-order chi connectivity index (χ1) is 30.0. The predicted molar refractivity (Wildman–Crippen MR) is 216 cm³/mol. The van der Waals surface area contributed by atoms with Crippen LogP contribution in [0.4, 0.5) is 24.9 Å². The van der Waals surface area contributed by atoms with Gasteiger partial charge < -0.3 is 38.4 Å². The normalized spacial score (nSPS) is 24.0. The molecular weight excluding hydrogens is 810 g/mol. The van der Waals surface area contributed by atoms with Crippen molar-refractivity contribution < 1.29 is 37.0 Å². The maximum atomic E-state index is 15.5. The lowest BCUT2D eigenvalue weighted by atomic mass is 9.86. The van der Waals surface area contributed by atoms with Gasteiger partial charge in [-0.05, 0) is 44.5 Å². The Kier molecular flexibility index (Phi) is 9.07. The van der Waals surface area contributed by atoms with Crippen molar-refractivity contribution in [3.05, 3.63) is 72.1 Å². The molecule has 0 N–H and O–H groups in total. The predicted octanol–water partition coefficient (Wildman–Crippen LogP) is 3.44. The van der Waals surface area contributed by atoms with Crippen LogP contribution in [0.3, 0.4) is 0 Å². The second kappa shape index (κ2) is 14.6. The molecule has 4 aromatic heterocycles. The Balaban J connectivity index is 1.03. The molecule has 0 spiro atoms. The van der Waals surface area contributed by atoms with Crippen molar-refractivity contribution in [2.24, 2.45) is 0 Å². The summed E-state index contributed by atoms with van der Waals surface area (Å²) in [6.45, 7) is 6.15. The molecule has 0 unspecified atom stereocenters. The molecular formula is C42H41F3N12O5. The summed E-state index contributed by atoms with van der Waals surface area (Å²) in [5.41, 5.74) is 2.19. The van der Waals surface area contributed by atoms with E-state index >= 15 is 8.78 Å². The number of rotatable bonds is 6. The molecule has 2 amide bonds. The average molecular weight is 851 g/mol. The second-order valence-corrected chi connectivity index (χ2v) is 16.5. The van der Waals surface area contributed by atoms with Crippen molar-refractivity contribution in [2.75, 3.05) is 56.3 Å². The molecule has 6 bridgehead atoms. The van der Waals surface area contributed by atoms with Crippen LogP contribution in [0.1, 0.15) is 25.6 Å². The van der Waals surface area contributed by atoms with Crippen LogP contribution in [0.15, 0.2) is 48.8 Å². The van der Waals surface area contributed by atoms with Crippen LogP contribution < -0.4 is 14.5 Å². The van der Waals surface area contributed by atoms with Gasteiger partial charge in [0.15, 0.2) is 11.5 Å². The van der Waals surface area contributed by atoms with E-state index in [0.29, 0.717) is 78.7 Å². The van der Waals surface area contributed by atoms with Gasteiger partial charge in [-0.3, -0.25) is 9.59 Å². The lowest BCUT2D eigenvalue weighted by Crippen LogP contribution is -2.75. The molecule has 5 saturated heterocycles. The minimum atomic E-state index is -0.855. The number of anilines is 2. The number of ether oxygens (including phenoxy) is 3. The van der Waals surface area contributed by atoms with Gasteiger partial charge in [0.05, 0.1) is 72.8 Å². The fourth-order valence-electron chi connectivity index (χ4n) is 9.64. The monoisotopic (exact) mass is 850 g/mol. The standard InChI is InChI=1S/C42H41F3N12O5/c1-4-61-27-16-52(3)39(58)34-13-26(62-42-46-8-7-31(49-42)28-9-23(44)11-32-36(28)53(18-27)21(2)48-32)17-55(34)37-29-14-47-57(33-6-5-22(43)10-30(33)45)38(29)51-41(50-37)56-24-12-35(56)40(59)54(15-24)25-19-60-20-25/h5-11,14,24-27,34-35H,4,12-13,15-20H2,1-3H3/t24-,26+,27+,34+,35+/m1/s1. The van der Waals surface area contributed by atoms with Crippen LogP contribution in [0, 0.1) is 24.4 Å². The number of hydrogen-bond acceptors (Lipinski definition) is 13. The number of carbonyl (C=O) groups is 2. The molecule has 0 saturated carbocycles. The van der Waals surface area contributed by atoms with E-state index in [1.807, 2.05) is 33.1 Å². The molecule has 0 aliphatic carbocycles. The van der Waals surface area contributed by atoms with E-state index in [2.05, 4.69) is 15.1 Å². The van der Waals surface area contributed by atoms with Crippen LogP contribution in [0.2, 0.25) is 0 Å². The van der Waals surface area contributed by atoms with E-state index in [1.54, 1.807) is 24.2 Å². The summed E-state index contributed by atoms with van der Waals surface area (Å²) >= 11 is 0. The first-order valence-electron chi connectivity index (χ1n) is 20.7. The summed E-state index contributed by atoms with van der Waals surface area (Å²) in [5, 5.41) is 4.92. The highest BCUT2D eigenvalue weighted by Gasteiger charge is 2.54. The zero-order valence-corrected chi connectivity index (χ0v) is 34.0. The van der Waals surface area contributed by atoms with Crippen molar-refractivity contribution >= 4 is 45.6 Å². The molecule has 320 valence electrons. The number of halogens is 3. The third-order valence-electron chi connectivity index (χ3n) is 12.7. The van der Waals surface area contributed by atoms with Gasteiger partial charge in [-0.2, -0.15) is 20.1 Å². The summed E-state index contributed by atoms with van der Waals surface area (Å²) in [7, 11) is 1.72. The van der Waals surface area contributed by atoms with Crippen molar-refractivity contribution in [3.8, 4) is 23.0 Å². The van der Waals surface area contributed by atoms with Crippen molar-refractivity contribution in [2.45, 2.75) is 69.6 Å². The first-order valence-corrected chi connectivity index (χ1v) is 20.7. The maximum Gasteiger partial charge on any atom is 0.317 e. The average Bonchev–Trinajstić information content (AvgIpc) is 3.91. The summed E-state index contributed by atoms with van der Waals surface area (Å²) in [5.74, 6) is -1.23. The summed E-state index contributed by atoms with van der Waals surface area (Å²) < 4.78 is 66.2. The number of carbonyl (C=O) groups excluding carboxylic acids is 2. The molecule has 0 radical (unpaired) electrons. The van der Waals surface area contributed by atoms with Gasteiger partial charge in [-0.25, -0.2) is 27.8 Å². The van der Waals surface area contributed by atoms with Crippen molar-refractivity contribution in [1.29, 1.82) is 0 Å². The smallest absolute Gasteiger partial charge is 0.317 e. The number of benzene rings is 2. The molecule has 5 fully saturated rings. The van der Waals surface area contributed by atoms with Gasteiger partial charge in [-0.15, -0.1) is 0 Å². The Hall–Kier alpha value is -6.41. The lowest BCUT2D eigenvalue weighted by molar-refractivity contribution is -0.155. The number of piperazine rings is 1. The number of hydrogen-bond donors (Lipinski definition) is 0. The molecule has 62 heavy (non-hydrogen) atoms. The van der Waals surface area contributed by atoms with Gasteiger partial charge in [0.1, 0.15) is 47.2 Å². The SMILES string of the molecule is CCO[C@H]1CN(C)C(=O)[C@@H]2C[C@@H](CN2c2nc(N3[C@@H]4C[C@H]3C(=O)N(C3COC3)C4)nc3c2cnn3-c2ccc(F)cc2F)Oc2nccc(n2)-c2cc(F)cc3nc(C)n(c23)C1. The van der Waals surface area contributed by atoms with E-state index < -0.39 is 41.7 Å². The van der Waals surface area contributed by atoms with E-state index in [-0.39, 0.29) is 66.7 Å². The topological polar surface area (TPSA) is 162 Å². The van der Waals surface area contributed by atoms with E-state index in [9.17, 15) is 14.0 Å². The Labute approximate surface area is 352 Å². The van der Waals surface area contributed by atoms with Crippen LogP contribution in [-0.2, 0) is 25.6 Å². The van der Waals surface area contributed by atoms with Gasteiger partial charge in [-0.1, -0.05) is 0 Å². The molecule has 6 aliphatic heterocycles. The van der Waals surface area contributed by atoms with Crippen molar-refractivity contribution in [3.63, 3.8) is 0 Å². The number of nitrogens with zero attached hydrogens (tertiary/aromatic N) is 12. The number of aromatic nitrogens is 8. The lowest BCUT2D eigenvalue weighted by Gasteiger charge is -2.57. The van der Waals surface area contributed by atoms with Gasteiger partial charge in [0, 0.05) is 57.1 Å². The number of fused-ring (bicyclic) bond motifs is 8. The summed E-state index contributed by atoms with van der Waals surface area (Å²) in [6, 6.07) is 6.23. The number of likely N-dealkylation sites (N-methyl/N-ethyl adjacent to an activating group) is 1. The minimum Gasteiger partial charge on any atom is -0.458 e. The molecule has 6 aliphatic rings. The number of aryl methyl sites for hydroxylation is 1. The van der Waals surface area contributed by atoms with Crippen LogP contribution in [0.5, 0.6) is 6.01 Å². The Morgan fingerprint density at radius 3 is 2.50 bits per heavy atom. The third-order valence-corrected chi connectivity index (χ3v) is 12.7. The van der Waals surface area contributed by atoms with E-state index in [0.717, 1.165) is 12.1 Å². The largest absolute Gasteiger partial charge is 0.458 e. The van der Waals surface area contributed by atoms with E-state index in [1.165, 1.54) is 29.1 Å². The molecule has 12 rings (SSSR count). The van der Waals surface area contributed by atoms with Crippen LogP contribution >= 0.6 is 0 Å².